The molecule has 0 N–H and O–H groups in total. The van der Waals surface area contributed by atoms with Crippen molar-refractivity contribution in [3.63, 3.8) is 0 Å². The van der Waals surface area contributed by atoms with Crippen molar-refractivity contribution in [1.29, 1.82) is 0 Å². The van der Waals surface area contributed by atoms with E-state index in [9.17, 15) is 0 Å². The Morgan fingerprint density at radius 2 is 1.73 bits per heavy atom. The summed E-state index contributed by atoms with van der Waals surface area (Å²) in [4.78, 5) is 4.51. The Bertz CT molecular complexity index is 701. The van der Waals surface area contributed by atoms with Crippen molar-refractivity contribution < 1.29 is 9.31 Å². The lowest BCUT2D eigenvalue weighted by molar-refractivity contribution is 0.00578. The van der Waals surface area contributed by atoms with E-state index in [1.54, 1.807) is 0 Å². The molecule has 2 heterocycles. The Labute approximate surface area is 144 Å². The van der Waals surface area contributed by atoms with Crippen LogP contribution in [0.1, 0.15) is 27.7 Å². The highest BCUT2D eigenvalue weighted by atomic mass is 79.9. The summed E-state index contributed by atoms with van der Waals surface area (Å²) in [6.45, 7) is 8.08. The van der Waals surface area contributed by atoms with Gasteiger partial charge in [0.25, 0.3) is 0 Å². The maximum atomic E-state index is 6.26. The number of benzene rings is 1. The van der Waals surface area contributed by atoms with E-state index in [0.29, 0.717) is 15.3 Å². The molecule has 0 radical (unpaired) electrons. The zero-order valence-corrected chi connectivity index (χ0v) is 15.3. The fourth-order valence-electron chi connectivity index (χ4n) is 2.27. The number of rotatable bonds is 2. The van der Waals surface area contributed by atoms with Gasteiger partial charge in [0, 0.05) is 6.20 Å². The van der Waals surface area contributed by atoms with Crippen LogP contribution in [0.2, 0.25) is 5.02 Å². The zero-order valence-electron chi connectivity index (χ0n) is 12.9. The predicted molar refractivity (Wildman–Crippen MR) is 92.0 cm³/mol. The summed E-state index contributed by atoms with van der Waals surface area (Å²) in [6, 6.07) is 7.61. The third-order valence-electron chi connectivity index (χ3n) is 4.29. The fourth-order valence-corrected chi connectivity index (χ4v) is 2.99. The SMILES string of the molecule is CC1(C)OB(c2cn(-c3ccccc3Cl)c(Br)n2)OC1(C)C. The van der Waals surface area contributed by atoms with Crippen LogP contribution in [0.4, 0.5) is 0 Å². The van der Waals surface area contributed by atoms with E-state index in [2.05, 4.69) is 20.9 Å². The normalized spacial score (nSPS) is 19.6. The molecule has 0 aliphatic carbocycles. The molecule has 0 saturated carbocycles. The number of nitrogens with zero attached hydrogens (tertiary/aromatic N) is 2. The Hall–Kier alpha value is -0.815. The van der Waals surface area contributed by atoms with Gasteiger partial charge in [0.15, 0.2) is 4.73 Å². The van der Waals surface area contributed by atoms with Gasteiger partial charge < -0.3 is 9.31 Å². The number of hydrogen-bond donors (Lipinski definition) is 0. The van der Waals surface area contributed by atoms with E-state index in [1.165, 1.54) is 0 Å². The van der Waals surface area contributed by atoms with Gasteiger partial charge in [-0.05, 0) is 55.8 Å². The summed E-state index contributed by atoms with van der Waals surface area (Å²) < 4.78 is 14.6. The highest BCUT2D eigenvalue weighted by Gasteiger charge is 2.52. The van der Waals surface area contributed by atoms with E-state index in [1.807, 2.05) is 62.7 Å². The molecule has 1 fully saturated rings. The molecular formula is C15H17BBrClN2O2. The second-order valence-electron chi connectivity index (χ2n) is 6.34. The molecule has 0 amide bonds. The van der Waals surface area contributed by atoms with Crippen LogP contribution in [0.3, 0.4) is 0 Å². The molecule has 1 aliphatic rings. The maximum Gasteiger partial charge on any atom is 0.516 e. The molecular weight excluding hydrogens is 366 g/mol. The number of para-hydroxylation sites is 1. The maximum absolute atomic E-state index is 6.26. The van der Waals surface area contributed by atoms with Crippen LogP contribution in [0, 0.1) is 0 Å². The molecule has 0 bridgehead atoms. The number of halogens is 2. The molecule has 3 rings (SSSR count). The summed E-state index contributed by atoms with van der Waals surface area (Å²) >= 11 is 9.73. The van der Waals surface area contributed by atoms with Gasteiger partial charge in [-0.3, -0.25) is 4.57 Å². The molecule has 0 spiro atoms. The van der Waals surface area contributed by atoms with Gasteiger partial charge in [-0.15, -0.1) is 0 Å². The van der Waals surface area contributed by atoms with Gasteiger partial charge in [0.05, 0.1) is 27.5 Å². The number of aromatic nitrogens is 2. The average molecular weight is 383 g/mol. The molecule has 7 heteroatoms. The largest absolute Gasteiger partial charge is 0.516 e. The lowest BCUT2D eigenvalue weighted by Crippen LogP contribution is -2.41. The highest BCUT2D eigenvalue weighted by Crippen LogP contribution is 2.36. The summed E-state index contributed by atoms with van der Waals surface area (Å²) in [7, 11) is -0.495. The smallest absolute Gasteiger partial charge is 0.398 e. The standard InChI is InChI=1S/C15H17BBrClN2O2/c1-14(2)15(3,4)22-16(21-14)12-9-20(13(17)19-12)11-8-6-5-7-10(11)18/h5-9H,1-4H3. The zero-order chi connectivity index (χ0) is 16.1. The number of imidazole rings is 1. The van der Waals surface area contributed by atoms with Crippen molar-refractivity contribution in [2.24, 2.45) is 0 Å². The minimum Gasteiger partial charge on any atom is -0.398 e. The van der Waals surface area contributed by atoms with Crippen LogP contribution in [0.25, 0.3) is 5.69 Å². The van der Waals surface area contributed by atoms with Crippen LogP contribution < -0.4 is 5.59 Å². The molecule has 4 nitrogen and oxygen atoms in total. The third-order valence-corrected chi connectivity index (χ3v) is 5.17. The first-order chi connectivity index (χ1) is 10.2. The molecule has 22 heavy (non-hydrogen) atoms. The Morgan fingerprint density at radius 3 is 2.32 bits per heavy atom. The van der Waals surface area contributed by atoms with Crippen molar-refractivity contribution in [1.82, 2.24) is 9.55 Å². The first-order valence-electron chi connectivity index (χ1n) is 7.06. The summed E-state index contributed by atoms with van der Waals surface area (Å²) in [5.74, 6) is 0. The van der Waals surface area contributed by atoms with Crippen molar-refractivity contribution in [3.8, 4) is 5.69 Å². The van der Waals surface area contributed by atoms with E-state index in [4.69, 9.17) is 20.9 Å². The quantitative estimate of drug-likeness (QED) is 0.744. The molecule has 1 aromatic heterocycles. The summed E-state index contributed by atoms with van der Waals surface area (Å²) in [6.07, 6.45) is 1.88. The molecule has 1 aliphatic heterocycles. The molecule has 0 atom stereocenters. The predicted octanol–water partition coefficient (Wildman–Crippen LogP) is 3.59. The van der Waals surface area contributed by atoms with Gasteiger partial charge in [-0.2, -0.15) is 0 Å². The fraction of sp³-hybridized carbons (Fsp3) is 0.400. The Balaban J connectivity index is 1.96. The van der Waals surface area contributed by atoms with Gasteiger partial charge in [-0.1, -0.05) is 23.7 Å². The van der Waals surface area contributed by atoms with Crippen molar-refractivity contribution in [2.75, 3.05) is 0 Å². The van der Waals surface area contributed by atoms with E-state index >= 15 is 0 Å². The first kappa shape index (κ1) is 16.1. The van der Waals surface area contributed by atoms with Crippen molar-refractivity contribution in [3.05, 3.63) is 40.2 Å². The third kappa shape index (κ3) is 2.62. The van der Waals surface area contributed by atoms with Crippen molar-refractivity contribution in [2.45, 2.75) is 38.9 Å². The first-order valence-corrected chi connectivity index (χ1v) is 8.24. The molecule has 0 unspecified atom stereocenters. The summed E-state index contributed by atoms with van der Waals surface area (Å²) in [5.41, 5.74) is 0.785. The van der Waals surface area contributed by atoms with Crippen LogP contribution in [0.5, 0.6) is 0 Å². The summed E-state index contributed by atoms with van der Waals surface area (Å²) in [5, 5.41) is 0.654. The molecule has 2 aromatic rings. The Morgan fingerprint density at radius 1 is 1.14 bits per heavy atom. The highest BCUT2D eigenvalue weighted by molar-refractivity contribution is 9.10. The van der Waals surface area contributed by atoms with Crippen LogP contribution >= 0.6 is 27.5 Å². The lowest BCUT2D eigenvalue weighted by atomic mass is 9.86. The number of hydrogen-bond acceptors (Lipinski definition) is 3. The topological polar surface area (TPSA) is 36.3 Å². The van der Waals surface area contributed by atoms with Gasteiger partial charge in [0.2, 0.25) is 0 Å². The molecule has 116 valence electrons. The van der Waals surface area contributed by atoms with Crippen LogP contribution in [-0.4, -0.2) is 27.9 Å². The second kappa shape index (κ2) is 5.37. The van der Waals surface area contributed by atoms with Crippen molar-refractivity contribution >= 4 is 40.2 Å². The minimum absolute atomic E-state index is 0.391. The van der Waals surface area contributed by atoms with Crippen LogP contribution in [0.15, 0.2) is 35.2 Å². The van der Waals surface area contributed by atoms with E-state index in [-0.39, 0.29) is 0 Å². The van der Waals surface area contributed by atoms with Crippen LogP contribution in [-0.2, 0) is 9.31 Å². The lowest BCUT2D eigenvalue weighted by Gasteiger charge is -2.32. The van der Waals surface area contributed by atoms with Gasteiger partial charge in [0.1, 0.15) is 0 Å². The van der Waals surface area contributed by atoms with Gasteiger partial charge >= 0.3 is 7.12 Å². The Kier molecular flexibility index (Phi) is 3.92. The van der Waals surface area contributed by atoms with E-state index in [0.717, 1.165) is 5.69 Å². The molecule has 1 saturated heterocycles. The average Bonchev–Trinajstić information content (AvgIpc) is 2.89. The molecule has 1 aromatic carbocycles. The van der Waals surface area contributed by atoms with E-state index < -0.39 is 18.3 Å². The van der Waals surface area contributed by atoms with Gasteiger partial charge in [-0.25, -0.2) is 4.98 Å². The minimum atomic E-state index is -0.495. The monoisotopic (exact) mass is 382 g/mol. The second-order valence-corrected chi connectivity index (χ2v) is 7.46.